The summed E-state index contributed by atoms with van der Waals surface area (Å²) in [6.45, 7) is 3.47. The van der Waals surface area contributed by atoms with E-state index in [0.717, 1.165) is 20.8 Å². The van der Waals surface area contributed by atoms with Crippen LogP contribution in [0.5, 0.6) is 0 Å². The molecule has 0 spiro atoms. The molecule has 126 valence electrons. The van der Waals surface area contributed by atoms with Gasteiger partial charge in [-0.3, -0.25) is 14.4 Å². The normalized spacial score (nSPS) is 22.9. The number of carboxylic acid groups (broad SMARTS) is 3. The molecule has 0 aromatic heterocycles. The van der Waals surface area contributed by atoms with Gasteiger partial charge in [0.15, 0.2) is 0 Å². The van der Waals surface area contributed by atoms with Crippen LogP contribution in [0.1, 0.15) is 20.8 Å². The fraction of sp³-hybridized carbons (Fsp3) is 0.727. The molecule has 0 radical (unpaired) electrons. The van der Waals surface area contributed by atoms with Crippen molar-refractivity contribution in [1.29, 1.82) is 0 Å². The second kappa shape index (κ2) is 14.7. The molecule has 10 heteroatoms. The fourth-order valence-corrected chi connectivity index (χ4v) is 0.763. The maximum atomic E-state index is 9.00. The van der Waals surface area contributed by atoms with Gasteiger partial charge in [-0.1, -0.05) is 0 Å². The van der Waals surface area contributed by atoms with Crippen LogP contribution >= 0.6 is 0 Å². The minimum atomic E-state index is -1.04. The van der Waals surface area contributed by atoms with Crippen LogP contribution < -0.4 is 0 Å². The average Bonchev–Trinajstić information content (AvgIpc) is 2.23. The van der Waals surface area contributed by atoms with Crippen molar-refractivity contribution < 1.29 is 49.8 Å². The zero-order chi connectivity index (χ0) is 17.6. The smallest absolute Gasteiger partial charge is 0.300 e. The first-order valence-electron chi connectivity index (χ1n) is 5.62. The lowest BCUT2D eigenvalue weighted by atomic mass is 10.1. The van der Waals surface area contributed by atoms with Crippen LogP contribution in [0.2, 0.25) is 0 Å². The first-order valence-corrected chi connectivity index (χ1v) is 5.62. The summed E-state index contributed by atoms with van der Waals surface area (Å²) < 4.78 is 4.70. The minimum absolute atomic E-state index is 0.109. The largest absolute Gasteiger partial charge is 0.481 e. The highest BCUT2D eigenvalue weighted by Gasteiger charge is 2.29. The molecule has 0 aromatic rings. The van der Waals surface area contributed by atoms with Crippen LogP contribution in [0.4, 0.5) is 0 Å². The summed E-state index contributed by atoms with van der Waals surface area (Å²) in [5, 5.41) is 48.7. The van der Waals surface area contributed by atoms with Crippen LogP contribution in [0.3, 0.4) is 0 Å². The molecule has 2 atom stereocenters. The van der Waals surface area contributed by atoms with Crippen molar-refractivity contribution in [3.8, 4) is 0 Å². The number of ether oxygens (including phenoxy) is 1. The summed E-state index contributed by atoms with van der Waals surface area (Å²) in [6.07, 6.45) is -2.92. The van der Waals surface area contributed by atoms with Gasteiger partial charge in [-0.2, -0.15) is 0 Å². The van der Waals surface area contributed by atoms with Gasteiger partial charge in [-0.15, -0.1) is 0 Å². The van der Waals surface area contributed by atoms with Crippen molar-refractivity contribution in [1.82, 2.24) is 0 Å². The zero-order valence-electron chi connectivity index (χ0n) is 12.0. The molecule has 0 saturated carbocycles. The number of aliphatic hydroxyl groups excluding tert-OH is 3. The number of hydrogen-bond donors (Lipinski definition) is 6. The maximum Gasteiger partial charge on any atom is 0.300 e. The van der Waals surface area contributed by atoms with Gasteiger partial charge in [-0.25, -0.2) is 0 Å². The first-order chi connectivity index (χ1) is 9.41. The molecule has 1 aliphatic rings. The highest BCUT2D eigenvalue weighted by atomic mass is 16.5. The summed E-state index contributed by atoms with van der Waals surface area (Å²) in [5.41, 5.74) is 0. The second-order valence-corrected chi connectivity index (χ2v) is 3.72. The van der Waals surface area contributed by atoms with Crippen molar-refractivity contribution in [3.05, 3.63) is 0 Å². The van der Waals surface area contributed by atoms with E-state index in [0.29, 0.717) is 0 Å². The third kappa shape index (κ3) is 32.1. The van der Waals surface area contributed by atoms with E-state index in [1.807, 2.05) is 0 Å². The number of aliphatic hydroxyl groups is 3. The van der Waals surface area contributed by atoms with E-state index in [1.165, 1.54) is 0 Å². The van der Waals surface area contributed by atoms with Crippen LogP contribution in [0.15, 0.2) is 0 Å². The van der Waals surface area contributed by atoms with Crippen LogP contribution in [-0.4, -0.2) is 80.1 Å². The molecule has 1 aliphatic heterocycles. The fourth-order valence-electron chi connectivity index (χ4n) is 0.763. The van der Waals surface area contributed by atoms with E-state index in [-0.39, 0.29) is 13.2 Å². The summed E-state index contributed by atoms with van der Waals surface area (Å²) >= 11 is 0. The van der Waals surface area contributed by atoms with Crippen LogP contribution in [0, 0.1) is 0 Å². The Kier molecular flexibility index (Phi) is 16.9. The molecular formula is C11H22O10. The molecule has 1 heterocycles. The van der Waals surface area contributed by atoms with Gasteiger partial charge in [0.05, 0.1) is 13.2 Å². The standard InChI is InChI=1S/C5H10O4.3C2H4O2/c6-3-1-9-2-4(7)5(3)8;3*1-2(3)4/h3-8H,1-2H2;3*1H3,(H,3,4). The number of carbonyl (C=O) groups is 3. The molecule has 0 bridgehead atoms. The topological polar surface area (TPSA) is 182 Å². The summed E-state index contributed by atoms with van der Waals surface area (Å²) in [5.74, 6) is -2.50. The zero-order valence-corrected chi connectivity index (χ0v) is 12.0. The van der Waals surface area contributed by atoms with E-state index in [2.05, 4.69) is 0 Å². The highest BCUT2D eigenvalue weighted by Crippen LogP contribution is 2.07. The average molecular weight is 314 g/mol. The third-order valence-corrected chi connectivity index (χ3v) is 1.37. The van der Waals surface area contributed by atoms with Gasteiger partial charge < -0.3 is 35.4 Å². The summed E-state index contributed by atoms with van der Waals surface area (Å²) in [6, 6.07) is 0. The molecule has 10 nitrogen and oxygen atoms in total. The van der Waals surface area contributed by atoms with E-state index >= 15 is 0 Å². The van der Waals surface area contributed by atoms with E-state index in [9.17, 15) is 0 Å². The first kappa shape index (κ1) is 24.3. The van der Waals surface area contributed by atoms with E-state index in [1.54, 1.807) is 0 Å². The molecule has 1 rings (SSSR count). The SMILES string of the molecule is CC(=O)O.CC(=O)O.CC(=O)O.OC1COCC(O)C1O. The Morgan fingerprint density at radius 1 is 0.762 bits per heavy atom. The van der Waals surface area contributed by atoms with Crippen LogP contribution in [0.25, 0.3) is 0 Å². The Labute approximate surface area is 121 Å². The molecule has 1 fully saturated rings. The van der Waals surface area contributed by atoms with E-state index < -0.39 is 36.2 Å². The van der Waals surface area contributed by atoms with E-state index in [4.69, 9.17) is 49.8 Å². The van der Waals surface area contributed by atoms with Crippen molar-refractivity contribution in [2.75, 3.05) is 13.2 Å². The van der Waals surface area contributed by atoms with Crippen LogP contribution in [-0.2, 0) is 19.1 Å². The van der Waals surface area contributed by atoms with Gasteiger partial charge in [0.1, 0.15) is 18.3 Å². The number of rotatable bonds is 0. The van der Waals surface area contributed by atoms with Gasteiger partial charge in [0, 0.05) is 20.8 Å². The lowest BCUT2D eigenvalue weighted by molar-refractivity contribution is -0.150. The van der Waals surface area contributed by atoms with Gasteiger partial charge >= 0.3 is 0 Å². The highest BCUT2D eigenvalue weighted by molar-refractivity contribution is 5.63. The Bertz CT molecular complexity index is 253. The van der Waals surface area contributed by atoms with Crippen molar-refractivity contribution in [2.45, 2.75) is 39.1 Å². The van der Waals surface area contributed by atoms with Gasteiger partial charge in [-0.05, 0) is 0 Å². The van der Waals surface area contributed by atoms with Crippen molar-refractivity contribution in [2.24, 2.45) is 0 Å². The number of hydrogen-bond acceptors (Lipinski definition) is 7. The van der Waals surface area contributed by atoms with Gasteiger partial charge in [0.25, 0.3) is 17.9 Å². The monoisotopic (exact) mass is 314 g/mol. The molecule has 0 aliphatic carbocycles. The van der Waals surface area contributed by atoms with Crippen molar-refractivity contribution >= 4 is 17.9 Å². The lowest BCUT2D eigenvalue weighted by Gasteiger charge is -2.27. The van der Waals surface area contributed by atoms with Crippen molar-refractivity contribution in [3.63, 3.8) is 0 Å². The minimum Gasteiger partial charge on any atom is -0.481 e. The lowest BCUT2D eigenvalue weighted by Crippen LogP contribution is -2.47. The Morgan fingerprint density at radius 3 is 1.10 bits per heavy atom. The Morgan fingerprint density at radius 2 is 0.952 bits per heavy atom. The summed E-state index contributed by atoms with van der Waals surface area (Å²) in [4.78, 5) is 27.0. The molecule has 2 unspecified atom stereocenters. The second-order valence-electron chi connectivity index (χ2n) is 3.72. The molecule has 1 saturated heterocycles. The molecule has 0 aromatic carbocycles. The molecule has 21 heavy (non-hydrogen) atoms. The quantitative estimate of drug-likeness (QED) is 0.303. The van der Waals surface area contributed by atoms with Gasteiger partial charge in [0.2, 0.25) is 0 Å². The number of carboxylic acids is 3. The maximum absolute atomic E-state index is 9.00. The molecular weight excluding hydrogens is 292 g/mol. The molecule has 6 N–H and O–H groups in total. The Hall–Kier alpha value is -1.75. The number of aliphatic carboxylic acids is 3. The predicted molar refractivity (Wildman–Crippen MR) is 68.8 cm³/mol. The Balaban J connectivity index is -0.000000230. The third-order valence-electron chi connectivity index (χ3n) is 1.37. The predicted octanol–water partition coefficient (Wildman–Crippen LogP) is -1.63. The molecule has 0 amide bonds. The summed E-state index contributed by atoms with van der Waals surface area (Å²) in [7, 11) is 0.